The summed E-state index contributed by atoms with van der Waals surface area (Å²) in [7, 11) is 0. The minimum Gasteiger partial charge on any atom is -0.366 e. The Morgan fingerprint density at radius 3 is 2.39 bits per heavy atom. The molecule has 0 aromatic heterocycles. The molecule has 0 saturated carbocycles. The van der Waals surface area contributed by atoms with Crippen LogP contribution in [0.25, 0.3) is 0 Å². The summed E-state index contributed by atoms with van der Waals surface area (Å²) in [6.07, 6.45) is 0.602. The van der Waals surface area contributed by atoms with Crippen LogP contribution in [0, 0.1) is 5.82 Å². The molecule has 0 saturated heterocycles. The summed E-state index contributed by atoms with van der Waals surface area (Å²) in [6.45, 7) is 7.62. The Labute approximate surface area is 165 Å². The molecule has 0 bridgehead atoms. The molecule has 1 amide bonds. The highest BCUT2D eigenvalue weighted by atomic mass is 19.1. The zero-order chi connectivity index (χ0) is 20.1. The van der Waals surface area contributed by atoms with Crippen LogP contribution in [-0.4, -0.2) is 12.5 Å². The summed E-state index contributed by atoms with van der Waals surface area (Å²) in [5.74, 6) is 0.233. The molecule has 4 N–H and O–H groups in total. The van der Waals surface area contributed by atoms with Crippen molar-refractivity contribution in [3.63, 3.8) is 0 Å². The van der Waals surface area contributed by atoms with Gasteiger partial charge >= 0.3 is 0 Å². The first-order valence-corrected chi connectivity index (χ1v) is 9.45. The minimum atomic E-state index is -0.266. The average molecular weight is 382 g/mol. The van der Waals surface area contributed by atoms with Crippen LogP contribution < -0.4 is 21.5 Å². The number of hydrogen-bond acceptors (Lipinski definition) is 4. The largest absolute Gasteiger partial charge is 0.366 e. The Bertz CT molecular complexity index is 852. The van der Waals surface area contributed by atoms with E-state index < -0.39 is 0 Å². The SMILES string of the molecule is CC(C)(C)c1ccc(NC(=O)C2=C(NCc3ccc(F)cc3)NNCC2)cc1. The second-order valence-electron chi connectivity index (χ2n) is 7.92. The van der Waals surface area contributed by atoms with Crippen molar-refractivity contribution in [1.29, 1.82) is 0 Å². The number of carbonyl (C=O) groups excluding carboxylic acids is 1. The van der Waals surface area contributed by atoms with Gasteiger partial charge in [-0.15, -0.1) is 0 Å². The predicted octanol–water partition coefficient (Wildman–Crippen LogP) is 3.56. The first-order chi connectivity index (χ1) is 13.3. The molecular weight excluding hydrogens is 355 g/mol. The first-order valence-electron chi connectivity index (χ1n) is 9.45. The molecular formula is C22H27FN4O. The van der Waals surface area contributed by atoms with Crippen molar-refractivity contribution in [3.05, 3.63) is 76.9 Å². The van der Waals surface area contributed by atoms with Gasteiger partial charge in [-0.1, -0.05) is 45.0 Å². The molecule has 3 rings (SSSR count). The normalized spacial score (nSPS) is 14.4. The highest BCUT2D eigenvalue weighted by Gasteiger charge is 2.20. The molecule has 1 aliphatic heterocycles. The molecule has 0 aliphatic carbocycles. The van der Waals surface area contributed by atoms with Gasteiger partial charge in [0.25, 0.3) is 5.91 Å². The number of rotatable bonds is 5. The third-order valence-corrected chi connectivity index (χ3v) is 4.68. The summed E-state index contributed by atoms with van der Waals surface area (Å²) in [6, 6.07) is 14.2. The molecule has 0 fully saturated rings. The van der Waals surface area contributed by atoms with Gasteiger partial charge in [-0.3, -0.25) is 4.79 Å². The molecule has 0 spiro atoms. The Hall–Kier alpha value is -2.86. The van der Waals surface area contributed by atoms with Crippen LogP contribution in [0.3, 0.4) is 0 Å². The van der Waals surface area contributed by atoms with E-state index >= 15 is 0 Å². The third-order valence-electron chi connectivity index (χ3n) is 4.68. The van der Waals surface area contributed by atoms with Crippen molar-refractivity contribution in [2.24, 2.45) is 0 Å². The van der Waals surface area contributed by atoms with E-state index in [-0.39, 0.29) is 17.1 Å². The average Bonchev–Trinajstić information content (AvgIpc) is 2.67. The van der Waals surface area contributed by atoms with Gasteiger partial charge in [-0.2, -0.15) is 0 Å². The maximum atomic E-state index is 13.0. The van der Waals surface area contributed by atoms with Gasteiger partial charge in [0.1, 0.15) is 11.6 Å². The third kappa shape index (κ3) is 5.10. The number of hydrazine groups is 1. The maximum Gasteiger partial charge on any atom is 0.255 e. The minimum absolute atomic E-state index is 0.0709. The molecule has 148 valence electrons. The number of nitrogens with one attached hydrogen (secondary N) is 4. The molecule has 0 radical (unpaired) electrons. The lowest BCUT2D eigenvalue weighted by molar-refractivity contribution is -0.113. The molecule has 0 atom stereocenters. The molecule has 1 aliphatic rings. The van der Waals surface area contributed by atoms with Crippen LogP contribution in [0.15, 0.2) is 59.9 Å². The van der Waals surface area contributed by atoms with E-state index in [1.54, 1.807) is 12.1 Å². The molecule has 5 nitrogen and oxygen atoms in total. The van der Waals surface area contributed by atoms with Crippen LogP contribution >= 0.6 is 0 Å². The van der Waals surface area contributed by atoms with E-state index in [1.807, 2.05) is 24.3 Å². The van der Waals surface area contributed by atoms with Crippen molar-refractivity contribution in [1.82, 2.24) is 16.2 Å². The fraction of sp³-hybridized carbons (Fsp3) is 0.318. The lowest BCUT2D eigenvalue weighted by Crippen LogP contribution is -2.44. The van der Waals surface area contributed by atoms with E-state index in [0.29, 0.717) is 30.9 Å². The maximum absolute atomic E-state index is 13.0. The van der Waals surface area contributed by atoms with Crippen LogP contribution in [0.5, 0.6) is 0 Å². The van der Waals surface area contributed by atoms with Crippen molar-refractivity contribution < 1.29 is 9.18 Å². The molecule has 2 aromatic rings. The van der Waals surface area contributed by atoms with Crippen molar-refractivity contribution in [2.45, 2.75) is 39.2 Å². The summed E-state index contributed by atoms with van der Waals surface area (Å²) in [5, 5.41) is 6.20. The Morgan fingerprint density at radius 2 is 1.75 bits per heavy atom. The number of hydrogen-bond donors (Lipinski definition) is 4. The second-order valence-corrected chi connectivity index (χ2v) is 7.92. The van der Waals surface area contributed by atoms with Crippen LogP contribution in [-0.2, 0) is 16.8 Å². The lowest BCUT2D eigenvalue weighted by Gasteiger charge is -2.24. The van der Waals surface area contributed by atoms with Gasteiger partial charge in [-0.25, -0.2) is 9.82 Å². The second kappa shape index (κ2) is 8.44. The van der Waals surface area contributed by atoms with Gasteiger partial charge in [0.15, 0.2) is 0 Å². The highest BCUT2D eigenvalue weighted by molar-refractivity contribution is 6.04. The molecule has 6 heteroatoms. The van der Waals surface area contributed by atoms with E-state index in [9.17, 15) is 9.18 Å². The summed E-state index contributed by atoms with van der Waals surface area (Å²) >= 11 is 0. The predicted molar refractivity (Wildman–Crippen MR) is 110 cm³/mol. The number of halogens is 1. The summed E-state index contributed by atoms with van der Waals surface area (Å²) in [4.78, 5) is 12.8. The van der Waals surface area contributed by atoms with E-state index in [1.165, 1.54) is 17.7 Å². The molecule has 0 unspecified atom stereocenters. The number of amides is 1. The fourth-order valence-electron chi connectivity index (χ4n) is 2.97. The quantitative estimate of drug-likeness (QED) is 0.638. The van der Waals surface area contributed by atoms with Gasteiger partial charge in [0.2, 0.25) is 0 Å². The first kappa shape index (κ1) is 19.9. The standard InChI is InChI=1S/C22H27FN4O/c1-22(2,3)16-6-10-18(11-7-16)26-21(28)19-12-13-25-27-20(19)24-14-15-4-8-17(23)9-5-15/h4-11,24-25,27H,12-14H2,1-3H3,(H,26,28). The monoisotopic (exact) mass is 382 g/mol. The highest BCUT2D eigenvalue weighted by Crippen LogP contribution is 2.24. The van der Waals surface area contributed by atoms with Gasteiger partial charge in [-0.05, 0) is 47.2 Å². The van der Waals surface area contributed by atoms with Crippen molar-refractivity contribution >= 4 is 11.6 Å². The van der Waals surface area contributed by atoms with Gasteiger partial charge in [0.05, 0.1) is 5.57 Å². The Morgan fingerprint density at radius 1 is 1.07 bits per heavy atom. The van der Waals surface area contributed by atoms with E-state index in [4.69, 9.17) is 0 Å². The summed E-state index contributed by atoms with van der Waals surface area (Å²) < 4.78 is 13.0. The number of carbonyl (C=O) groups is 1. The topological polar surface area (TPSA) is 65.2 Å². The zero-order valence-electron chi connectivity index (χ0n) is 16.5. The van der Waals surface area contributed by atoms with E-state index in [0.717, 1.165) is 11.3 Å². The van der Waals surface area contributed by atoms with Gasteiger partial charge < -0.3 is 16.1 Å². The zero-order valence-corrected chi connectivity index (χ0v) is 16.5. The molecule has 28 heavy (non-hydrogen) atoms. The number of anilines is 1. The van der Waals surface area contributed by atoms with Crippen LogP contribution in [0.4, 0.5) is 10.1 Å². The van der Waals surface area contributed by atoms with Crippen LogP contribution in [0.2, 0.25) is 0 Å². The fourth-order valence-corrected chi connectivity index (χ4v) is 2.97. The molecule has 1 heterocycles. The van der Waals surface area contributed by atoms with Crippen molar-refractivity contribution in [2.75, 3.05) is 11.9 Å². The van der Waals surface area contributed by atoms with Crippen molar-refractivity contribution in [3.8, 4) is 0 Å². The molecule has 2 aromatic carbocycles. The summed E-state index contributed by atoms with van der Waals surface area (Å²) in [5.41, 5.74) is 9.71. The van der Waals surface area contributed by atoms with Crippen LogP contribution in [0.1, 0.15) is 38.3 Å². The van der Waals surface area contributed by atoms with Gasteiger partial charge in [0, 0.05) is 18.8 Å². The number of benzene rings is 2. The Balaban J connectivity index is 1.69. The smallest absolute Gasteiger partial charge is 0.255 e. The lowest BCUT2D eigenvalue weighted by atomic mass is 9.87. The van der Waals surface area contributed by atoms with E-state index in [2.05, 4.69) is 42.3 Å². The Kier molecular flexibility index (Phi) is 5.99.